The van der Waals surface area contributed by atoms with Crippen LogP contribution in [0.3, 0.4) is 0 Å². The minimum atomic E-state index is 0.282. The molecule has 1 heterocycles. The highest BCUT2D eigenvalue weighted by molar-refractivity contribution is 6.30. The summed E-state index contributed by atoms with van der Waals surface area (Å²) in [6, 6.07) is 6.17. The van der Waals surface area contributed by atoms with Gasteiger partial charge in [-0.3, -0.25) is 0 Å². The number of benzene rings is 1. The Hall–Kier alpha value is -0.770. The van der Waals surface area contributed by atoms with Crippen molar-refractivity contribution in [1.29, 1.82) is 0 Å². The maximum atomic E-state index is 6.16. The second-order valence-electron chi connectivity index (χ2n) is 5.08. The van der Waals surface area contributed by atoms with E-state index in [2.05, 4.69) is 36.2 Å². The molecule has 0 radical (unpaired) electrons. The third kappa shape index (κ3) is 4.10. The molecule has 0 aromatic heterocycles. The summed E-state index contributed by atoms with van der Waals surface area (Å²) < 4.78 is 5.61. The molecule has 1 atom stereocenters. The van der Waals surface area contributed by atoms with E-state index >= 15 is 0 Å². The number of nitrogens with zero attached hydrogens (tertiary/aromatic N) is 1. The molecule has 0 spiro atoms. The lowest BCUT2D eigenvalue weighted by Gasteiger charge is -2.34. The highest BCUT2D eigenvalue weighted by atomic mass is 35.5. The first-order chi connectivity index (χ1) is 9.20. The number of ether oxygens (including phenoxy) is 1. The predicted molar refractivity (Wildman–Crippen MR) is 81.1 cm³/mol. The van der Waals surface area contributed by atoms with Gasteiger partial charge in [0, 0.05) is 30.3 Å². The zero-order valence-electron chi connectivity index (χ0n) is 11.8. The summed E-state index contributed by atoms with van der Waals surface area (Å²) in [6.45, 7) is 8.89. The molecule has 0 saturated carbocycles. The summed E-state index contributed by atoms with van der Waals surface area (Å²) in [5.74, 6) is 0. The zero-order valence-corrected chi connectivity index (χ0v) is 12.5. The minimum Gasteiger partial charge on any atom is -0.375 e. The summed E-state index contributed by atoms with van der Waals surface area (Å²) >= 11 is 6.16. The third-order valence-electron chi connectivity index (χ3n) is 3.37. The smallest absolute Gasteiger partial charge is 0.0722 e. The Labute approximate surface area is 120 Å². The van der Waals surface area contributed by atoms with Crippen LogP contribution in [0.1, 0.15) is 25.8 Å². The lowest BCUT2D eigenvalue weighted by Crippen LogP contribution is -2.41. The molecule has 4 heteroatoms. The number of morpholine rings is 1. The molecule has 1 N–H and O–H groups in total. The summed E-state index contributed by atoms with van der Waals surface area (Å²) in [6.07, 6.45) is 1.43. The van der Waals surface area contributed by atoms with Gasteiger partial charge in [-0.15, -0.1) is 0 Å². The highest BCUT2D eigenvalue weighted by Crippen LogP contribution is 2.26. The number of hydrogen-bond acceptors (Lipinski definition) is 3. The average molecular weight is 283 g/mol. The maximum absolute atomic E-state index is 6.16. The first-order valence-electron chi connectivity index (χ1n) is 7.06. The van der Waals surface area contributed by atoms with Crippen molar-refractivity contribution >= 4 is 17.3 Å². The maximum Gasteiger partial charge on any atom is 0.0722 e. The summed E-state index contributed by atoms with van der Waals surface area (Å²) in [5.41, 5.74) is 2.55. The Morgan fingerprint density at radius 1 is 1.47 bits per heavy atom. The van der Waals surface area contributed by atoms with Crippen LogP contribution in [0.5, 0.6) is 0 Å². The van der Waals surface area contributed by atoms with Crippen LogP contribution < -0.4 is 10.2 Å². The van der Waals surface area contributed by atoms with Crippen LogP contribution in [0.25, 0.3) is 0 Å². The van der Waals surface area contributed by atoms with Crippen molar-refractivity contribution in [3.8, 4) is 0 Å². The van der Waals surface area contributed by atoms with E-state index in [1.165, 1.54) is 11.3 Å². The molecule has 106 valence electrons. The summed E-state index contributed by atoms with van der Waals surface area (Å²) in [7, 11) is 0. The molecule has 0 amide bonds. The molecule has 1 aliphatic heterocycles. The molecular weight excluding hydrogens is 260 g/mol. The van der Waals surface area contributed by atoms with Gasteiger partial charge in [-0.1, -0.05) is 24.6 Å². The Bertz CT molecular complexity index is 411. The molecule has 1 fully saturated rings. The molecule has 1 aromatic carbocycles. The number of halogens is 1. The van der Waals surface area contributed by atoms with Crippen molar-refractivity contribution in [2.45, 2.75) is 32.9 Å². The number of nitrogens with one attached hydrogen (secondary N) is 1. The van der Waals surface area contributed by atoms with Crippen molar-refractivity contribution in [2.24, 2.45) is 0 Å². The number of rotatable bonds is 5. The highest BCUT2D eigenvalue weighted by Gasteiger charge is 2.19. The van der Waals surface area contributed by atoms with Crippen LogP contribution in [0.15, 0.2) is 18.2 Å². The third-order valence-corrected chi connectivity index (χ3v) is 3.61. The lowest BCUT2D eigenvalue weighted by molar-refractivity contribution is 0.0531. The van der Waals surface area contributed by atoms with E-state index < -0.39 is 0 Å². The molecule has 1 aliphatic rings. The first-order valence-corrected chi connectivity index (χ1v) is 7.44. The van der Waals surface area contributed by atoms with Crippen LogP contribution in [0.4, 0.5) is 5.69 Å². The Morgan fingerprint density at radius 2 is 2.32 bits per heavy atom. The van der Waals surface area contributed by atoms with E-state index in [0.717, 1.165) is 44.2 Å². The molecule has 1 aromatic rings. The van der Waals surface area contributed by atoms with Gasteiger partial charge in [0.25, 0.3) is 0 Å². The molecule has 19 heavy (non-hydrogen) atoms. The van der Waals surface area contributed by atoms with Crippen molar-refractivity contribution in [2.75, 3.05) is 31.1 Å². The van der Waals surface area contributed by atoms with Gasteiger partial charge in [-0.05, 0) is 37.6 Å². The van der Waals surface area contributed by atoms with Gasteiger partial charge in [-0.2, -0.15) is 0 Å². The molecule has 0 aliphatic carbocycles. The van der Waals surface area contributed by atoms with E-state index in [-0.39, 0.29) is 6.10 Å². The predicted octanol–water partition coefficient (Wildman–Crippen LogP) is 3.06. The fourth-order valence-corrected chi connectivity index (χ4v) is 2.58. The van der Waals surface area contributed by atoms with E-state index in [4.69, 9.17) is 16.3 Å². The molecule has 0 bridgehead atoms. The van der Waals surface area contributed by atoms with Crippen molar-refractivity contribution in [3.63, 3.8) is 0 Å². The standard InChI is InChI=1S/C15H23ClN2O/c1-3-6-17-10-13-4-5-14(16)9-15(13)18-7-8-19-12(2)11-18/h4-5,9,12,17H,3,6-8,10-11H2,1-2H3. The van der Waals surface area contributed by atoms with Gasteiger partial charge in [0.05, 0.1) is 12.7 Å². The van der Waals surface area contributed by atoms with Gasteiger partial charge in [0.2, 0.25) is 0 Å². The largest absolute Gasteiger partial charge is 0.375 e. The average Bonchev–Trinajstić information content (AvgIpc) is 2.40. The zero-order chi connectivity index (χ0) is 13.7. The van der Waals surface area contributed by atoms with Crippen LogP contribution in [0, 0.1) is 0 Å². The second-order valence-corrected chi connectivity index (χ2v) is 5.51. The van der Waals surface area contributed by atoms with E-state index in [1.807, 2.05) is 6.07 Å². The summed E-state index contributed by atoms with van der Waals surface area (Å²) in [4.78, 5) is 2.38. The van der Waals surface area contributed by atoms with E-state index in [0.29, 0.717) is 0 Å². The fourth-order valence-electron chi connectivity index (χ4n) is 2.42. The van der Waals surface area contributed by atoms with Gasteiger partial charge in [0.1, 0.15) is 0 Å². The lowest BCUT2D eigenvalue weighted by atomic mass is 10.1. The van der Waals surface area contributed by atoms with Gasteiger partial charge in [-0.25, -0.2) is 0 Å². The van der Waals surface area contributed by atoms with E-state index in [9.17, 15) is 0 Å². The Morgan fingerprint density at radius 3 is 3.05 bits per heavy atom. The normalized spacial score (nSPS) is 19.7. The topological polar surface area (TPSA) is 24.5 Å². The minimum absolute atomic E-state index is 0.282. The number of hydrogen-bond donors (Lipinski definition) is 1. The SMILES string of the molecule is CCCNCc1ccc(Cl)cc1N1CCOC(C)C1. The molecule has 3 nitrogen and oxygen atoms in total. The first kappa shape index (κ1) is 14.6. The van der Waals surface area contributed by atoms with Crippen LogP contribution in [-0.4, -0.2) is 32.3 Å². The van der Waals surface area contributed by atoms with Crippen LogP contribution in [0.2, 0.25) is 5.02 Å². The fraction of sp³-hybridized carbons (Fsp3) is 0.600. The van der Waals surface area contributed by atoms with Crippen molar-refractivity contribution in [1.82, 2.24) is 5.32 Å². The monoisotopic (exact) mass is 282 g/mol. The molecule has 2 rings (SSSR count). The van der Waals surface area contributed by atoms with Gasteiger partial charge < -0.3 is 15.0 Å². The van der Waals surface area contributed by atoms with Gasteiger partial charge in [0.15, 0.2) is 0 Å². The molecular formula is C15H23ClN2O. The molecule has 1 saturated heterocycles. The Balaban J connectivity index is 2.13. The Kier molecular flexibility index (Phi) is 5.49. The van der Waals surface area contributed by atoms with Gasteiger partial charge >= 0.3 is 0 Å². The molecule has 1 unspecified atom stereocenters. The van der Waals surface area contributed by atoms with Crippen molar-refractivity contribution < 1.29 is 4.74 Å². The summed E-state index contributed by atoms with van der Waals surface area (Å²) in [5, 5.41) is 4.26. The number of anilines is 1. The quantitative estimate of drug-likeness (QED) is 0.840. The van der Waals surface area contributed by atoms with Crippen LogP contribution in [-0.2, 0) is 11.3 Å². The van der Waals surface area contributed by atoms with E-state index in [1.54, 1.807) is 0 Å². The second kappa shape index (κ2) is 7.13. The van der Waals surface area contributed by atoms with Crippen molar-refractivity contribution in [3.05, 3.63) is 28.8 Å². The van der Waals surface area contributed by atoms with Crippen LogP contribution >= 0.6 is 11.6 Å².